The van der Waals surface area contributed by atoms with Crippen molar-refractivity contribution in [3.05, 3.63) is 105 Å². The average molecular weight is 746 g/mol. The Kier molecular flexibility index (Phi) is 8.72. The molecule has 0 saturated carbocycles. The monoisotopic (exact) mass is 744 g/mol. The van der Waals surface area contributed by atoms with Gasteiger partial charge in [0, 0.05) is 52.7 Å². The van der Waals surface area contributed by atoms with Crippen LogP contribution in [0.3, 0.4) is 0 Å². The molecule has 4 aromatic rings. The molecule has 0 unspecified atom stereocenters. The molecule has 1 N–H and O–H groups in total. The first kappa shape index (κ1) is 32.2. The van der Waals surface area contributed by atoms with Crippen LogP contribution in [-0.2, 0) is 26.8 Å². The molecule has 2 aliphatic heterocycles. The Hall–Kier alpha value is -3.75. The minimum atomic E-state index is -4.20. The first-order valence-corrected chi connectivity index (χ1v) is 17.2. The highest BCUT2D eigenvalue weighted by atomic mass is 79.9. The first-order chi connectivity index (χ1) is 21.9. The van der Waals surface area contributed by atoms with Crippen molar-refractivity contribution in [2.24, 2.45) is 0 Å². The summed E-state index contributed by atoms with van der Waals surface area (Å²) in [5, 5.41) is 2.79. The predicted octanol–water partition coefficient (Wildman–Crippen LogP) is 5.44. The Morgan fingerprint density at radius 2 is 1.59 bits per heavy atom. The SMILES string of the molecule is C[C@@]1(Cc2ccc(Br)cc2)C(=O)N(c2cc(Cl)cc(Cl)c2)c2ncc(S(=O)(=O)N3CCN(C(=O)NC(=O)c4ccccc4)CC3)n21. The summed E-state index contributed by atoms with van der Waals surface area (Å²) in [6.45, 7) is 1.73. The Morgan fingerprint density at radius 1 is 0.957 bits per heavy atom. The van der Waals surface area contributed by atoms with Crippen LogP contribution >= 0.6 is 39.1 Å². The van der Waals surface area contributed by atoms with Crippen LogP contribution < -0.4 is 10.2 Å². The van der Waals surface area contributed by atoms with Crippen molar-refractivity contribution in [1.82, 2.24) is 24.1 Å². The van der Waals surface area contributed by atoms with Gasteiger partial charge in [0.15, 0.2) is 5.03 Å². The molecule has 0 bridgehead atoms. The Morgan fingerprint density at radius 3 is 2.22 bits per heavy atom. The number of sulfonamides is 1. The van der Waals surface area contributed by atoms with E-state index in [0.717, 1.165) is 10.0 Å². The third-order valence-electron chi connectivity index (χ3n) is 8.02. The fraction of sp³-hybridized carbons (Fsp3) is 0.226. The number of benzene rings is 3. The van der Waals surface area contributed by atoms with Gasteiger partial charge in [-0.2, -0.15) is 4.31 Å². The van der Waals surface area contributed by atoms with Crippen molar-refractivity contribution in [1.29, 1.82) is 0 Å². The number of nitrogens with zero attached hydrogens (tertiary/aromatic N) is 5. The van der Waals surface area contributed by atoms with Gasteiger partial charge in [0.1, 0.15) is 5.54 Å². The number of piperazine rings is 1. The third-order valence-corrected chi connectivity index (χ3v) is 10.8. The van der Waals surface area contributed by atoms with Gasteiger partial charge in [-0.1, -0.05) is 69.5 Å². The van der Waals surface area contributed by atoms with E-state index in [2.05, 4.69) is 26.2 Å². The summed E-state index contributed by atoms with van der Waals surface area (Å²) in [4.78, 5) is 46.7. The molecule has 4 amide bonds. The van der Waals surface area contributed by atoms with Gasteiger partial charge in [-0.15, -0.1) is 0 Å². The molecule has 1 aromatic heterocycles. The highest BCUT2D eigenvalue weighted by molar-refractivity contribution is 9.10. The van der Waals surface area contributed by atoms with Crippen molar-refractivity contribution in [3.63, 3.8) is 0 Å². The molecule has 0 aliphatic carbocycles. The van der Waals surface area contributed by atoms with Gasteiger partial charge in [-0.3, -0.25) is 19.5 Å². The number of imide groups is 1. The zero-order valence-electron chi connectivity index (χ0n) is 24.4. The van der Waals surface area contributed by atoms with Gasteiger partial charge < -0.3 is 4.90 Å². The molecule has 6 rings (SSSR count). The van der Waals surface area contributed by atoms with Crippen molar-refractivity contribution >= 4 is 78.6 Å². The number of carbonyl (C=O) groups excluding carboxylic acids is 3. The number of nitrogens with one attached hydrogen (secondary N) is 1. The van der Waals surface area contributed by atoms with Crippen molar-refractivity contribution < 1.29 is 22.8 Å². The molecule has 2 aliphatic rings. The number of amides is 4. The van der Waals surface area contributed by atoms with E-state index in [1.807, 2.05) is 24.3 Å². The largest absolute Gasteiger partial charge is 0.324 e. The molecule has 0 radical (unpaired) electrons. The standard InChI is InChI=1S/C31H27BrCl2N6O5S/c1-31(18-20-7-9-22(32)10-8-20)28(42)39(25-16-23(33)15-24(34)17-25)29-35-19-26(40(29)31)46(44,45)38-13-11-37(12-14-38)30(43)36-27(41)21-5-3-2-4-6-21/h2-10,15-17,19H,11-14,18H2,1H3,(H,36,41,43)/t31-/m1/s1. The summed E-state index contributed by atoms with van der Waals surface area (Å²) in [5.74, 6) is -0.840. The van der Waals surface area contributed by atoms with Gasteiger partial charge in [0.05, 0.1) is 11.9 Å². The number of rotatable bonds is 6. The number of carbonyl (C=O) groups is 3. The molecule has 238 valence electrons. The highest BCUT2D eigenvalue weighted by Crippen LogP contribution is 2.45. The van der Waals surface area contributed by atoms with Gasteiger partial charge in [-0.25, -0.2) is 23.1 Å². The lowest BCUT2D eigenvalue weighted by molar-refractivity contribution is -0.124. The Balaban J connectivity index is 1.30. The van der Waals surface area contributed by atoms with Gasteiger partial charge >= 0.3 is 6.03 Å². The molecular formula is C31H27BrCl2N6O5S. The number of aromatic nitrogens is 2. The van der Waals surface area contributed by atoms with E-state index >= 15 is 0 Å². The summed E-state index contributed by atoms with van der Waals surface area (Å²) in [5.41, 5.74) is 0.0952. The molecule has 1 saturated heterocycles. The normalized spacial score (nSPS) is 18.5. The number of fused-ring (bicyclic) bond motifs is 1. The van der Waals surface area contributed by atoms with Crippen LogP contribution in [0.25, 0.3) is 0 Å². The van der Waals surface area contributed by atoms with E-state index < -0.39 is 33.4 Å². The number of halogens is 3. The minimum absolute atomic E-state index is 0.0270. The van der Waals surface area contributed by atoms with Crippen LogP contribution in [-0.4, -0.2) is 71.2 Å². The summed E-state index contributed by atoms with van der Waals surface area (Å²) in [7, 11) is -4.20. The quantitative estimate of drug-likeness (QED) is 0.280. The number of anilines is 2. The predicted molar refractivity (Wildman–Crippen MR) is 177 cm³/mol. The second-order valence-electron chi connectivity index (χ2n) is 11.1. The van der Waals surface area contributed by atoms with Crippen LogP contribution in [0.2, 0.25) is 10.0 Å². The minimum Gasteiger partial charge on any atom is -0.322 e. The van der Waals surface area contributed by atoms with Crippen LogP contribution in [0.5, 0.6) is 0 Å². The summed E-state index contributed by atoms with van der Waals surface area (Å²) < 4.78 is 32.0. The maximum absolute atomic E-state index is 14.3. The van der Waals surface area contributed by atoms with Gasteiger partial charge in [-0.05, 0) is 55.0 Å². The fourth-order valence-corrected chi connectivity index (χ4v) is 8.10. The molecule has 1 fully saturated rings. The lowest BCUT2D eigenvalue weighted by atomic mass is 9.92. The van der Waals surface area contributed by atoms with Crippen molar-refractivity contribution in [2.45, 2.75) is 23.9 Å². The van der Waals surface area contributed by atoms with E-state index in [9.17, 15) is 22.8 Å². The molecule has 3 aromatic carbocycles. The maximum Gasteiger partial charge on any atom is 0.324 e. The lowest BCUT2D eigenvalue weighted by Crippen LogP contribution is -2.54. The topological polar surface area (TPSA) is 125 Å². The Labute approximate surface area is 283 Å². The second kappa shape index (κ2) is 12.5. The molecule has 3 heterocycles. The van der Waals surface area contributed by atoms with Crippen molar-refractivity contribution in [2.75, 3.05) is 31.1 Å². The van der Waals surface area contributed by atoms with Crippen LogP contribution in [0.1, 0.15) is 22.8 Å². The maximum atomic E-state index is 14.3. The first-order valence-electron chi connectivity index (χ1n) is 14.2. The Bertz CT molecular complexity index is 1930. The lowest BCUT2D eigenvalue weighted by Gasteiger charge is -2.34. The molecule has 46 heavy (non-hydrogen) atoms. The van der Waals surface area contributed by atoms with E-state index in [1.54, 1.807) is 49.4 Å². The van der Waals surface area contributed by atoms with E-state index in [4.69, 9.17) is 23.2 Å². The summed E-state index contributed by atoms with van der Waals surface area (Å²) in [6, 6.07) is 19.8. The third kappa shape index (κ3) is 5.93. The highest BCUT2D eigenvalue weighted by Gasteiger charge is 2.52. The second-order valence-corrected chi connectivity index (χ2v) is 14.8. The molecular weight excluding hydrogens is 719 g/mol. The van der Waals surface area contributed by atoms with E-state index in [1.165, 1.54) is 30.9 Å². The zero-order chi connectivity index (χ0) is 32.8. The molecule has 15 heteroatoms. The van der Waals surface area contributed by atoms with E-state index in [-0.39, 0.29) is 43.6 Å². The smallest absolute Gasteiger partial charge is 0.322 e. The number of hydrogen-bond acceptors (Lipinski definition) is 6. The number of hydrogen-bond donors (Lipinski definition) is 1. The summed E-state index contributed by atoms with van der Waals surface area (Å²) in [6.07, 6.45) is 1.41. The van der Waals surface area contributed by atoms with E-state index in [0.29, 0.717) is 21.3 Å². The van der Waals surface area contributed by atoms with Gasteiger partial charge in [0.2, 0.25) is 5.95 Å². The average Bonchev–Trinajstić information content (AvgIpc) is 3.56. The molecule has 1 atom stereocenters. The van der Waals surface area contributed by atoms with Crippen LogP contribution in [0, 0.1) is 0 Å². The zero-order valence-corrected chi connectivity index (χ0v) is 28.3. The van der Waals surface area contributed by atoms with Gasteiger partial charge in [0.25, 0.3) is 21.8 Å². The van der Waals surface area contributed by atoms with Crippen LogP contribution in [0.15, 0.2) is 88.5 Å². The molecule has 11 nitrogen and oxygen atoms in total. The van der Waals surface area contributed by atoms with Crippen LogP contribution in [0.4, 0.5) is 16.4 Å². The molecule has 0 spiro atoms. The summed E-state index contributed by atoms with van der Waals surface area (Å²) >= 11 is 16.0. The number of urea groups is 1. The number of imidazole rings is 1. The fourth-order valence-electron chi connectivity index (χ4n) is 5.72. The van der Waals surface area contributed by atoms with Crippen molar-refractivity contribution in [3.8, 4) is 0 Å².